The first-order chi connectivity index (χ1) is 2.91. The third kappa shape index (κ3) is 3.05. The Morgan fingerprint density at radius 2 is 2.50 bits per heavy atom. The highest BCUT2D eigenvalue weighted by molar-refractivity contribution is 5.04. The van der Waals surface area contributed by atoms with Gasteiger partial charge in [0.1, 0.15) is 0 Å². The molecule has 0 aliphatic rings. The summed E-state index contributed by atoms with van der Waals surface area (Å²) in [6, 6.07) is 1.87. The lowest BCUT2D eigenvalue weighted by Crippen LogP contribution is -1.60. The molecule has 1 radical (unpaired) electrons. The predicted octanol–water partition coefficient (Wildman–Crippen LogP) is 0.738. The van der Waals surface area contributed by atoms with Gasteiger partial charge in [-0.05, 0) is 0 Å². The van der Waals surface area contributed by atoms with Crippen LogP contribution in [0.3, 0.4) is 0 Å². The van der Waals surface area contributed by atoms with Crippen LogP contribution in [-0.2, 0) is 0 Å². The molecule has 0 spiro atoms. The molecule has 6 heavy (non-hydrogen) atoms. The molecule has 0 aromatic rings. The molecule has 0 saturated carbocycles. The third-order valence-electron chi connectivity index (χ3n) is 0.311. The van der Waals surface area contributed by atoms with Gasteiger partial charge in [-0.1, -0.05) is 0 Å². The van der Waals surface area contributed by atoms with Crippen molar-refractivity contribution in [3.63, 3.8) is 0 Å². The second-order valence-corrected chi connectivity index (χ2v) is 0.733. The van der Waals surface area contributed by atoms with Crippen molar-refractivity contribution >= 4 is 0 Å². The summed E-state index contributed by atoms with van der Waals surface area (Å²) in [5.74, 6) is 2.22. The Bertz CT molecular complexity index is 77.5. The minimum absolute atomic E-state index is 0.358. The largest absolute Gasteiger partial charge is 0.198 e. The van der Waals surface area contributed by atoms with Gasteiger partial charge in [0.2, 0.25) is 0 Å². The summed E-state index contributed by atoms with van der Waals surface area (Å²) in [6.45, 7) is 0. The van der Waals surface area contributed by atoms with Crippen LogP contribution in [-0.4, -0.2) is 0 Å². The first-order valence-electron chi connectivity index (χ1n) is 1.56. The predicted molar refractivity (Wildman–Crippen MR) is 23.4 cm³/mol. The van der Waals surface area contributed by atoms with E-state index in [0.717, 1.165) is 0 Å². The molecule has 1 heteroatoms. The number of hydrogen-bond donors (Lipinski definition) is 0. The zero-order chi connectivity index (χ0) is 4.83. The van der Waals surface area contributed by atoms with Gasteiger partial charge in [0, 0.05) is 6.42 Å². The van der Waals surface area contributed by atoms with E-state index in [1.165, 1.54) is 6.42 Å². The first kappa shape index (κ1) is 5.05. The van der Waals surface area contributed by atoms with Crippen molar-refractivity contribution in [2.75, 3.05) is 0 Å². The van der Waals surface area contributed by atoms with Crippen molar-refractivity contribution in [1.29, 1.82) is 5.26 Å². The van der Waals surface area contributed by atoms with Gasteiger partial charge in [0.25, 0.3) is 0 Å². The Morgan fingerprint density at radius 1 is 1.83 bits per heavy atom. The van der Waals surface area contributed by atoms with E-state index in [2.05, 4.69) is 5.92 Å². The summed E-state index contributed by atoms with van der Waals surface area (Å²) < 4.78 is 0. The summed E-state index contributed by atoms with van der Waals surface area (Å²) in [7, 11) is 0. The van der Waals surface area contributed by atoms with Crippen LogP contribution in [0, 0.1) is 30.1 Å². The summed E-state index contributed by atoms with van der Waals surface area (Å²) in [5.41, 5.74) is 0. The molecule has 0 aliphatic heterocycles. The Hall–Kier alpha value is -0.950. The smallest absolute Gasteiger partial charge is 0.0635 e. The molecule has 0 unspecified atom stereocenters. The number of terminal acetylenes is 1. The van der Waals surface area contributed by atoms with Crippen LogP contribution in [0.1, 0.15) is 6.42 Å². The number of nitrogens with zero attached hydrogens (tertiary/aromatic N) is 1. The summed E-state index contributed by atoms with van der Waals surface area (Å²) in [6.07, 6.45) is 6.59. The van der Waals surface area contributed by atoms with E-state index in [9.17, 15) is 0 Å². The van der Waals surface area contributed by atoms with E-state index in [1.54, 1.807) is 0 Å². The molecular weight excluding hydrogens is 74.1 g/mol. The SMILES string of the molecule is C#C[CH]CC#N. The highest BCUT2D eigenvalue weighted by Crippen LogP contribution is 1.76. The normalized spacial score (nSPS) is 5.67. The fourth-order valence-electron chi connectivity index (χ4n) is 0.105. The highest BCUT2D eigenvalue weighted by atomic mass is 14.2. The second kappa shape index (κ2) is 4.05. The van der Waals surface area contributed by atoms with E-state index in [-0.39, 0.29) is 0 Å². The molecule has 0 bridgehead atoms. The minimum Gasteiger partial charge on any atom is -0.198 e. The van der Waals surface area contributed by atoms with Gasteiger partial charge in [-0.25, -0.2) is 0 Å². The molecule has 0 rings (SSSR count). The Labute approximate surface area is 37.6 Å². The number of unbranched alkanes of at least 4 members (excludes halogenated alkanes) is 1. The second-order valence-electron chi connectivity index (χ2n) is 0.733. The maximum absolute atomic E-state index is 7.82. The van der Waals surface area contributed by atoms with Crippen LogP contribution in [0.4, 0.5) is 0 Å². The standard InChI is InChI=1S/C5H4N/c1-2-3-4-5-6/h1,3H,4H2. The van der Waals surface area contributed by atoms with Crippen molar-refractivity contribution in [3.05, 3.63) is 6.42 Å². The summed E-state index contributed by atoms with van der Waals surface area (Å²) >= 11 is 0. The maximum atomic E-state index is 7.82. The van der Waals surface area contributed by atoms with Crippen molar-refractivity contribution in [3.8, 4) is 18.4 Å². The van der Waals surface area contributed by atoms with Gasteiger partial charge < -0.3 is 0 Å². The molecule has 0 amide bonds. The van der Waals surface area contributed by atoms with E-state index in [4.69, 9.17) is 11.7 Å². The van der Waals surface area contributed by atoms with Crippen molar-refractivity contribution in [2.24, 2.45) is 0 Å². The molecule has 0 atom stereocenters. The fraction of sp³-hybridized carbons (Fsp3) is 0.200. The van der Waals surface area contributed by atoms with Gasteiger partial charge in [0.15, 0.2) is 0 Å². The lowest BCUT2D eigenvalue weighted by atomic mass is 10.4. The third-order valence-corrected chi connectivity index (χ3v) is 0.311. The zero-order valence-corrected chi connectivity index (χ0v) is 3.31. The van der Waals surface area contributed by atoms with Crippen molar-refractivity contribution in [2.45, 2.75) is 6.42 Å². The highest BCUT2D eigenvalue weighted by Gasteiger charge is 1.70. The molecule has 0 aromatic carbocycles. The van der Waals surface area contributed by atoms with E-state index in [1.807, 2.05) is 6.07 Å². The van der Waals surface area contributed by atoms with Gasteiger partial charge in [-0.15, -0.1) is 12.3 Å². The van der Waals surface area contributed by atoms with Crippen molar-refractivity contribution in [1.82, 2.24) is 0 Å². The molecule has 0 saturated heterocycles. The molecular formula is C5H4N. The molecule has 0 fully saturated rings. The van der Waals surface area contributed by atoms with E-state index < -0.39 is 0 Å². The summed E-state index contributed by atoms with van der Waals surface area (Å²) in [5, 5.41) is 7.82. The Kier molecular flexibility index (Phi) is 3.41. The minimum atomic E-state index is 0.358. The topological polar surface area (TPSA) is 23.8 Å². The van der Waals surface area contributed by atoms with Crippen LogP contribution < -0.4 is 0 Å². The van der Waals surface area contributed by atoms with Crippen LogP contribution >= 0.6 is 0 Å². The lowest BCUT2D eigenvalue weighted by molar-refractivity contribution is 1.30. The molecule has 1 nitrogen and oxygen atoms in total. The Balaban J connectivity index is 2.78. The van der Waals surface area contributed by atoms with Crippen LogP contribution in [0.15, 0.2) is 0 Å². The van der Waals surface area contributed by atoms with Gasteiger partial charge in [0.05, 0.1) is 12.5 Å². The average molecular weight is 78.1 g/mol. The summed E-state index contributed by atoms with van der Waals surface area (Å²) in [4.78, 5) is 0. The number of hydrogen-bond acceptors (Lipinski definition) is 1. The van der Waals surface area contributed by atoms with Gasteiger partial charge in [-0.2, -0.15) is 5.26 Å². The number of nitriles is 1. The molecule has 0 heterocycles. The van der Waals surface area contributed by atoms with Crippen LogP contribution in [0.5, 0.6) is 0 Å². The molecule has 0 aliphatic carbocycles. The van der Waals surface area contributed by atoms with E-state index >= 15 is 0 Å². The molecule has 0 aromatic heterocycles. The first-order valence-corrected chi connectivity index (χ1v) is 1.56. The van der Waals surface area contributed by atoms with Gasteiger partial charge in [-0.3, -0.25) is 0 Å². The molecule has 0 N–H and O–H groups in total. The lowest BCUT2D eigenvalue weighted by Gasteiger charge is -1.66. The van der Waals surface area contributed by atoms with Crippen molar-refractivity contribution < 1.29 is 0 Å². The maximum Gasteiger partial charge on any atom is 0.0635 e. The fourth-order valence-corrected chi connectivity index (χ4v) is 0.105. The molecule has 29 valence electrons. The Morgan fingerprint density at radius 3 is 2.67 bits per heavy atom. The monoisotopic (exact) mass is 78.0 g/mol. The van der Waals surface area contributed by atoms with E-state index in [0.29, 0.717) is 6.42 Å². The van der Waals surface area contributed by atoms with Gasteiger partial charge >= 0.3 is 0 Å². The quantitative estimate of drug-likeness (QED) is 0.335. The zero-order valence-electron chi connectivity index (χ0n) is 3.31. The average Bonchev–Trinajstić information content (AvgIpc) is 1.61. The van der Waals surface area contributed by atoms with Crippen LogP contribution in [0.25, 0.3) is 0 Å². The number of rotatable bonds is 1. The van der Waals surface area contributed by atoms with Crippen LogP contribution in [0.2, 0.25) is 0 Å².